The second-order valence-electron chi connectivity index (χ2n) is 7.53. The number of allylic oxidation sites excluding steroid dienone is 1. The normalized spacial score (nSPS) is 15.9. The topological polar surface area (TPSA) is 33.7 Å². The van der Waals surface area contributed by atoms with Crippen LogP contribution < -0.4 is 19.9 Å². The number of rotatable bonds is 6. The third-order valence-corrected chi connectivity index (χ3v) is 5.76. The molecule has 0 saturated carbocycles. The third-order valence-electron chi connectivity index (χ3n) is 5.44. The van der Waals surface area contributed by atoms with Crippen LogP contribution in [0.4, 0.5) is 18.9 Å². The number of hydrazine groups is 1. The summed E-state index contributed by atoms with van der Waals surface area (Å²) in [6, 6.07) is 17.7. The number of hydrogen-bond acceptors (Lipinski definition) is 4. The monoisotopic (exact) mass is 486 g/mol. The lowest BCUT2D eigenvalue weighted by Crippen LogP contribution is -2.34. The van der Waals surface area contributed by atoms with Crippen LogP contribution >= 0.6 is 11.6 Å². The van der Waals surface area contributed by atoms with Gasteiger partial charge in [-0.05, 0) is 48.6 Å². The summed E-state index contributed by atoms with van der Waals surface area (Å²) in [4.78, 5) is 0. The van der Waals surface area contributed by atoms with Crippen molar-refractivity contribution in [1.29, 1.82) is 0 Å². The third kappa shape index (κ3) is 4.84. The first-order valence-electron chi connectivity index (χ1n) is 10.4. The highest BCUT2D eigenvalue weighted by Crippen LogP contribution is 2.42. The van der Waals surface area contributed by atoms with Gasteiger partial charge < -0.3 is 9.47 Å². The van der Waals surface area contributed by atoms with Gasteiger partial charge in [0.1, 0.15) is 11.5 Å². The fraction of sp³-hybridized carbons (Fsp3) is 0.154. The lowest BCUT2D eigenvalue weighted by atomic mass is 10.0. The molecule has 3 aromatic carbocycles. The van der Waals surface area contributed by atoms with E-state index in [0.29, 0.717) is 17.2 Å². The van der Waals surface area contributed by atoms with Crippen LogP contribution in [-0.2, 0) is 6.18 Å². The molecule has 8 heteroatoms. The average Bonchev–Trinajstić information content (AvgIpc) is 3.26. The second kappa shape index (κ2) is 9.73. The molecule has 0 radical (unpaired) electrons. The van der Waals surface area contributed by atoms with E-state index in [0.717, 1.165) is 23.3 Å². The Kier molecular flexibility index (Phi) is 6.75. The minimum atomic E-state index is -4.50. The summed E-state index contributed by atoms with van der Waals surface area (Å²) in [6.07, 6.45) is 1.11. The molecule has 1 N–H and O–H groups in total. The molecule has 0 fully saturated rings. The Hall–Kier alpha value is -3.58. The number of para-hydroxylation sites is 2. The molecule has 0 amide bonds. The van der Waals surface area contributed by atoms with E-state index in [-0.39, 0.29) is 10.7 Å². The van der Waals surface area contributed by atoms with Gasteiger partial charge in [0.05, 0.1) is 42.2 Å². The maximum absolute atomic E-state index is 13.4. The highest BCUT2D eigenvalue weighted by molar-refractivity contribution is 6.33. The minimum Gasteiger partial charge on any atom is -0.496 e. The molecule has 3 aromatic rings. The zero-order valence-electron chi connectivity index (χ0n) is 18.4. The molecule has 34 heavy (non-hydrogen) atoms. The fourth-order valence-electron chi connectivity index (χ4n) is 3.79. The van der Waals surface area contributed by atoms with Crippen molar-refractivity contribution in [1.82, 2.24) is 5.43 Å². The molecule has 0 spiro atoms. The predicted molar refractivity (Wildman–Crippen MR) is 128 cm³/mol. The Bertz CT molecular complexity index is 1240. The molecule has 0 saturated heterocycles. The summed E-state index contributed by atoms with van der Waals surface area (Å²) in [5.74, 6) is 1.31. The van der Waals surface area contributed by atoms with Crippen LogP contribution in [0.25, 0.3) is 6.08 Å². The Morgan fingerprint density at radius 2 is 1.59 bits per heavy atom. The number of benzene rings is 3. The zero-order chi connectivity index (χ0) is 24.3. The summed E-state index contributed by atoms with van der Waals surface area (Å²) in [6.45, 7) is 0. The van der Waals surface area contributed by atoms with Gasteiger partial charge in [-0.3, -0.25) is 10.4 Å². The van der Waals surface area contributed by atoms with Gasteiger partial charge >= 0.3 is 6.18 Å². The van der Waals surface area contributed by atoms with E-state index < -0.39 is 17.8 Å². The number of anilines is 1. The van der Waals surface area contributed by atoms with Gasteiger partial charge in [-0.2, -0.15) is 13.2 Å². The molecular formula is C26H22ClF3N2O2. The summed E-state index contributed by atoms with van der Waals surface area (Å²) in [5.41, 5.74) is 4.91. The largest absolute Gasteiger partial charge is 0.496 e. The fourth-order valence-corrected chi connectivity index (χ4v) is 4.00. The van der Waals surface area contributed by atoms with Gasteiger partial charge in [-0.25, -0.2) is 0 Å². The molecule has 1 atom stereocenters. The van der Waals surface area contributed by atoms with Crippen molar-refractivity contribution < 1.29 is 22.6 Å². The van der Waals surface area contributed by atoms with E-state index in [2.05, 4.69) is 5.43 Å². The predicted octanol–water partition coefficient (Wildman–Crippen LogP) is 7.04. The van der Waals surface area contributed by atoms with Crippen molar-refractivity contribution in [2.45, 2.75) is 12.2 Å². The standard InChI is InChI=1S/C26H22ClF3N2O2/c1-33-24-9-5-3-7-17(24)11-13-19-16-22(20-8-4-6-10-25(20)34-2)32(31-19)23-15-18(26(28,29)30)12-14-21(23)27/h3-16,22,31H,1-2H3/b13-11+/t22-/m1/s1. The molecule has 1 aliphatic heterocycles. The molecule has 4 nitrogen and oxygen atoms in total. The van der Waals surface area contributed by atoms with Gasteiger partial charge in [0.15, 0.2) is 0 Å². The smallest absolute Gasteiger partial charge is 0.416 e. The quantitative estimate of drug-likeness (QED) is 0.405. The Balaban J connectivity index is 1.77. The Morgan fingerprint density at radius 3 is 2.29 bits per heavy atom. The second-order valence-corrected chi connectivity index (χ2v) is 7.94. The molecule has 1 heterocycles. The van der Waals surface area contributed by atoms with Crippen molar-refractivity contribution in [3.63, 3.8) is 0 Å². The lowest BCUT2D eigenvalue weighted by molar-refractivity contribution is -0.137. The Labute approximate surface area is 200 Å². The van der Waals surface area contributed by atoms with Crippen molar-refractivity contribution in [3.05, 3.63) is 106 Å². The maximum atomic E-state index is 13.4. The van der Waals surface area contributed by atoms with Crippen LogP contribution in [0.3, 0.4) is 0 Å². The van der Waals surface area contributed by atoms with Gasteiger partial charge in [-0.15, -0.1) is 0 Å². The number of nitrogens with zero attached hydrogens (tertiary/aromatic N) is 1. The first-order chi connectivity index (χ1) is 16.3. The van der Waals surface area contributed by atoms with Crippen LogP contribution in [0.15, 0.2) is 84.6 Å². The van der Waals surface area contributed by atoms with Crippen molar-refractivity contribution in [2.75, 3.05) is 19.2 Å². The molecule has 0 aliphatic carbocycles. The Morgan fingerprint density at radius 1 is 0.912 bits per heavy atom. The first-order valence-corrected chi connectivity index (χ1v) is 10.8. The van der Waals surface area contributed by atoms with Crippen molar-refractivity contribution in [3.8, 4) is 11.5 Å². The molecule has 176 valence electrons. The molecular weight excluding hydrogens is 465 g/mol. The van der Waals surface area contributed by atoms with Crippen LogP contribution in [-0.4, -0.2) is 14.2 Å². The summed E-state index contributed by atoms with van der Waals surface area (Å²) >= 11 is 6.38. The van der Waals surface area contributed by atoms with Crippen LogP contribution in [0, 0.1) is 0 Å². The highest BCUT2D eigenvalue weighted by atomic mass is 35.5. The van der Waals surface area contributed by atoms with Crippen molar-refractivity contribution in [2.24, 2.45) is 0 Å². The van der Waals surface area contributed by atoms with Gasteiger partial charge in [-0.1, -0.05) is 48.0 Å². The van der Waals surface area contributed by atoms with Crippen molar-refractivity contribution >= 4 is 23.4 Å². The number of nitrogens with one attached hydrogen (secondary N) is 1. The number of halogens is 4. The molecule has 0 bridgehead atoms. The SMILES string of the molecule is COc1ccccc1/C=C/C1=C[C@H](c2ccccc2OC)N(c2cc(C(F)(F)F)ccc2Cl)N1. The molecule has 1 aliphatic rings. The summed E-state index contributed by atoms with van der Waals surface area (Å²) in [5, 5.41) is 1.79. The van der Waals surface area contributed by atoms with Crippen LogP contribution in [0.5, 0.6) is 11.5 Å². The molecule has 0 unspecified atom stereocenters. The number of hydrogen-bond donors (Lipinski definition) is 1. The summed E-state index contributed by atoms with van der Waals surface area (Å²) in [7, 11) is 3.14. The lowest BCUT2D eigenvalue weighted by Gasteiger charge is -2.29. The first kappa shape index (κ1) is 23.6. The number of ether oxygens (including phenoxy) is 2. The van der Waals surface area contributed by atoms with Gasteiger partial charge in [0.2, 0.25) is 0 Å². The zero-order valence-corrected chi connectivity index (χ0v) is 19.2. The maximum Gasteiger partial charge on any atom is 0.416 e. The minimum absolute atomic E-state index is 0.184. The van der Waals surface area contributed by atoms with E-state index in [1.807, 2.05) is 60.7 Å². The van der Waals surface area contributed by atoms with E-state index in [4.69, 9.17) is 21.1 Å². The van der Waals surface area contributed by atoms with E-state index >= 15 is 0 Å². The number of methoxy groups -OCH3 is 2. The molecule has 4 rings (SSSR count). The van der Waals surface area contributed by atoms with E-state index in [1.165, 1.54) is 6.07 Å². The van der Waals surface area contributed by atoms with E-state index in [1.54, 1.807) is 25.3 Å². The highest BCUT2D eigenvalue weighted by Gasteiger charge is 2.34. The molecule has 0 aromatic heterocycles. The van der Waals surface area contributed by atoms with Gasteiger partial charge in [0, 0.05) is 11.1 Å². The van der Waals surface area contributed by atoms with Crippen LogP contribution in [0.2, 0.25) is 5.02 Å². The van der Waals surface area contributed by atoms with E-state index in [9.17, 15) is 13.2 Å². The number of alkyl halides is 3. The average molecular weight is 487 g/mol. The van der Waals surface area contributed by atoms with Crippen LogP contribution in [0.1, 0.15) is 22.7 Å². The van der Waals surface area contributed by atoms with Gasteiger partial charge in [0.25, 0.3) is 0 Å². The summed E-state index contributed by atoms with van der Waals surface area (Å²) < 4.78 is 51.2.